The minimum absolute atomic E-state index is 0.0491. The lowest BCUT2D eigenvalue weighted by Gasteiger charge is -2.14. The van der Waals surface area contributed by atoms with Crippen molar-refractivity contribution in [1.82, 2.24) is 10.3 Å². The standard InChI is InChI=1S/C26H25N3O5S/c1-2-3-12-22(24(31)32)28-23(30)13-16-15-35-25(27-16)29-26(33)34-14-21-19-10-6-4-8-17(19)18-9-5-7-11-20(18)21/h2,4-11,15,21-22H,1,3,12-14H2,(H,28,30)(H,31,32)(H,27,29,33). The average molecular weight is 492 g/mol. The molecule has 0 bridgehead atoms. The maximum absolute atomic E-state index is 12.4. The Kier molecular flexibility index (Phi) is 7.57. The summed E-state index contributed by atoms with van der Waals surface area (Å²) < 4.78 is 5.51. The summed E-state index contributed by atoms with van der Waals surface area (Å²) >= 11 is 1.16. The van der Waals surface area contributed by atoms with E-state index in [0.717, 1.165) is 33.6 Å². The second-order valence-corrected chi connectivity index (χ2v) is 8.95. The zero-order chi connectivity index (χ0) is 24.8. The second-order valence-electron chi connectivity index (χ2n) is 8.10. The summed E-state index contributed by atoms with van der Waals surface area (Å²) in [5.41, 5.74) is 4.96. The Bertz CT molecular complexity index is 1210. The molecule has 1 aromatic heterocycles. The van der Waals surface area contributed by atoms with Crippen molar-refractivity contribution in [2.45, 2.75) is 31.2 Å². The minimum Gasteiger partial charge on any atom is -0.480 e. The lowest BCUT2D eigenvalue weighted by atomic mass is 9.98. The molecular weight excluding hydrogens is 466 g/mol. The van der Waals surface area contributed by atoms with Gasteiger partial charge in [0.1, 0.15) is 12.6 Å². The van der Waals surface area contributed by atoms with Crippen molar-refractivity contribution in [3.63, 3.8) is 0 Å². The Morgan fingerprint density at radius 2 is 1.77 bits per heavy atom. The Hall–Kier alpha value is -3.98. The smallest absolute Gasteiger partial charge is 0.413 e. The van der Waals surface area contributed by atoms with Crippen LogP contribution in [-0.4, -0.2) is 40.7 Å². The number of fused-ring (bicyclic) bond motifs is 3. The molecule has 0 aliphatic heterocycles. The Morgan fingerprint density at radius 3 is 2.40 bits per heavy atom. The van der Waals surface area contributed by atoms with Crippen LogP contribution in [0.25, 0.3) is 11.1 Å². The van der Waals surface area contributed by atoms with Crippen LogP contribution >= 0.6 is 11.3 Å². The molecule has 1 heterocycles. The van der Waals surface area contributed by atoms with Gasteiger partial charge in [0.15, 0.2) is 5.13 Å². The predicted molar refractivity (Wildman–Crippen MR) is 134 cm³/mol. The molecule has 1 aliphatic carbocycles. The highest BCUT2D eigenvalue weighted by Crippen LogP contribution is 2.44. The lowest BCUT2D eigenvalue weighted by Crippen LogP contribution is -2.41. The number of ether oxygens (including phenoxy) is 1. The van der Waals surface area contributed by atoms with Gasteiger partial charge in [-0.05, 0) is 35.1 Å². The lowest BCUT2D eigenvalue weighted by molar-refractivity contribution is -0.141. The molecule has 0 radical (unpaired) electrons. The molecule has 8 nitrogen and oxygen atoms in total. The topological polar surface area (TPSA) is 118 Å². The van der Waals surface area contributed by atoms with Crippen LogP contribution in [0.15, 0.2) is 66.6 Å². The predicted octanol–water partition coefficient (Wildman–Crippen LogP) is 4.58. The molecule has 3 N–H and O–H groups in total. The third-order valence-electron chi connectivity index (χ3n) is 5.74. The first-order chi connectivity index (χ1) is 17.0. The maximum Gasteiger partial charge on any atom is 0.413 e. The zero-order valence-electron chi connectivity index (χ0n) is 18.9. The molecule has 35 heavy (non-hydrogen) atoms. The van der Waals surface area contributed by atoms with Gasteiger partial charge in [0.05, 0.1) is 12.1 Å². The number of nitrogens with one attached hydrogen (secondary N) is 2. The van der Waals surface area contributed by atoms with E-state index in [-0.39, 0.29) is 25.4 Å². The van der Waals surface area contributed by atoms with E-state index in [4.69, 9.17) is 4.74 Å². The molecule has 2 amide bonds. The van der Waals surface area contributed by atoms with Crippen LogP contribution in [0.2, 0.25) is 0 Å². The Labute approximate surface area is 206 Å². The largest absolute Gasteiger partial charge is 0.480 e. The number of rotatable bonds is 10. The number of carboxylic acid groups (broad SMARTS) is 1. The van der Waals surface area contributed by atoms with Crippen LogP contribution in [0, 0.1) is 0 Å². The molecule has 3 aromatic rings. The molecule has 1 aliphatic rings. The first-order valence-corrected chi connectivity index (χ1v) is 12.0. The molecule has 180 valence electrons. The van der Waals surface area contributed by atoms with Gasteiger partial charge >= 0.3 is 12.1 Å². The summed E-state index contributed by atoms with van der Waals surface area (Å²) in [6, 6.07) is 15.2. The molecule has 0 saturated heterocycles. The fourth-order valence-corrected chi connectivity index (χ4v) is 4.82. The van der Waals surface area contributed by atoms with E-state index in [9.17, 15) is 19.5 Å². The molecule has 1 atom stereocenters. The van der Waals surface area contributed by atoms with Gasteiger partial charge in [-0.25, -0.2) is 14.6 Å². The summed E-state index contributed by atoms with van der Waals surface area (Å²) in [7, 11) is 0. The van der Waals surface area contributed by atoms with Crippen LogP contribution in [0.5, 0.6) is 0 Å². The zero-order valence-corrected chi connectivity index (χ0v) is 19.7. The molecule has 9 heteroatoms. The molecule has 0 fully saturated rings. The Morgan fingerprint density at radius 1 is 1.11 bits per heavy atom. The van der Waals surface area contributed by atoms with Gasteiger partial charge < -0.3 is 15.2 Å². The van der Waals surface area contributed by atoms with Gasteiger partial charge in [0.2, 0.25) is 5.91 Å². The molecule has 0 saturated carbocycles. The van der Waals surface area contributed by atoms with E-state index >= 15 is 0 Å². The van der Waals surface area contributed by atoms with Crippen molar-refractivity contribution in [3.8, 4) is 11.1 Å². The quantitative estimate of drug-likeness (QED) is 0.357. The normalized spacial score (nSPS) is 12.8. The number of anilines is 1. The highest BCUT2D eigenvalue weighted by Gasteiger charge is 2.29. The summed E-state index contributed by atoms with van der Waals surface area (Å²) in [6.07, 6.45) is 1.61. The van der Waals surface area contributed by atoms with Crippen LogP contribution in [-0.2, 0) is 20.7 Å². The number of hydrogen-bond donors (Lipinski definition) is 3. The number of carboxylic acids is 1. The number of aliphatic carboxylic acids is 1. The van der Waals surface area contributed by atoms with E-state index in [2.05, 4.69) is 34.3 Å². The van der Waals surface area contributed by atoms with E-state index in [1.165, 1.54) is 0 Å². The number of allylic oxidation sites excluding steroid dienone is 1. The third kappa shape index (κ3) is 5.75. The fourth-order valence-electron chi connectivity index (χ4n) is 4.12. The van der Waals surface area contributed by atoms with Gasteiger partial charge in [-0.15, -0.1) is 17.9 Å². The summed E-state index contributed by atoms with van der Waals surface area (Å²) in [5.74, 6) is -1.61. The number of thiazole rings is 1. The van der Waals surface area contributed by atoms with Crippen LogP contribution in [0.3, 0.4) is 0 Å². The fraction of sp³-hybridized carbons (Fsp3) is 0.231. The van der Waals surface area contributed by atoms with Crippen molar-refractivity contribution in [2.24, 2.45) is 0 Å². The van der Waals surface area contributed by atoms with Crippen molar-refractivity contribution in [1.29, 1.82) is 0 Å². The third-order valence-corrected chi connectivity index (χ3v) is 6.55. The minimum atomic E-state index is -1.10. The SMILES string of the molecule is C=CCCC(NC(=O)Cc1csc(NC(=O)OCC2c3ccccc3-c3ccccc32)n1)C(=O)O. The van der Waals surface area contributed by atoms with E-state index in [1.807, 2.05) is 36.4 Å². The first kappa shape index (κ1) is 24.2. The van der Waals surface area contributed by atoms with Crippen molar-refractivity contribution >= 4 is 34.4 Å². The number of hydrogen-bond acceptors (Lipinski definition) is 6. The van der Waals surface area contributed by atoms with E-state index in [0.29, 0.717) is 17.2 Å². The maximum atomic E-state index is 12.4. The van der Waals surface area contributed by atoms with Crippen molar-refractivity contribution < 1.29 is 24.2 Å². The van der Waals surface area contributed by atoms with Gasteiger partial charge in [0.25, 0.3) is 0 Å². The number of nitrogens with zero attached hydrogens (tertiary/aromatic N) is 1. The van der Waals surface area contributed by atoms with Crippen LogP contribution < -0.4 is 10.6 Å². The summed E-state index contributed by atoms with van der Waals surface area (Å²) in [5, 5.41) is 16.3. The number of aromatic nitrogens is 1. The van der Waals surface area contributed by atoms with Crippen molar-refractivity contribution in [3.05, 3.63) is 83.4 Å². The summed E-state index contributed by atoms with van der Waals surface area (Å²) in [4.78, 5) is 40.2. The molecule has 4 rings (SSSR count). The van der Waals surface area contributed by atoms with Crippen molar-refractivity contribution in [2.75, 3.05) is 11.9 Å². The summed E-state index contributed by atoms with van der Waals surface area (Å²) in [6.45, 7) is 3.74. The molecule has 0 spiro atoms. The number of carbonyl (C=O) groups is 3. The van der Waals surface area contributed by atoms with Crippen LogP contribution in [0.4, 0.5) is 9.93 Å². The van der Waals surface area contributed by atoms with E-state index < -0.39 is 24.0 Å². The number of benzene rings is 2. The van der Waals surface area contributed by atoms with Gasteiger partial charge in [-0.3, -0.25) is 10.1 Å². The first-order valence-electron chi connectivity index (χ1n) is 11.2. The monoisotopic (exact) mass is 491 g/mol. The highest BCUT2D eigenvalue weighted by molar-refractivity contribution is 7.13. The van der Waals surface area contributed by atoms with Gasteiger partial charge in [-0.2, -0.15) is 0 Å². The van der Waals surface area contributed by atoms with Gasteiger partial charge in [0, 0.05) is 11.3 Å². The molecular formula is C26H25N3O5S. The van der Waals surface area contributed by atoms with Crippen LogP contribution in [0.1, 0.15) is 35.6 Å². The number of carbonyl (C=O) groups excluding carboxylic acids is 2. The van der Waals surface area contributed by atoms with Gasteiger partial charge in [-0.1, -0.05) is 54.6 Å². The Balaban J connectivity index is 1.31. The highest BCUT2D eigenvalue weighted by atomic mass is 32.1. The molecule has 2 aromatic carbocycles. The average Bonchev–Trinajstić information content (AvgIpc) is 3.41. The molecule has 1 unspecified atom stereocenters. The second kappa shape index (κ2) is 11.0. The number of amides is 2. The van der Waals surface area contributed by atoms with E-state index in [1.54, 1.807) is 11.5 Å².